The maximum atomic E-state index is 5.54. The quantitative estimate of drug-likeness (QED) is 0.570. The lowest BCUT2D eigenvalue weighted by Crippen LogP contribution is -2.32. The number of methoxy groups -OCH3 is 1. The molecule has 2 aliphatic heterocycles. The average molecular weight is 422 g/mol. The van der Waals surface area contributed by atoms with Crippen molar-refractivity contribution in [3.05, 3.63) is 59.2 Å². The van der Waals surface area contributed by atoms with Crippen LogP contribution in [0.25, 0.3) is 10.9 Å². The summed E-state index contributed by atoms with van der Waals surface area (Å²) in [6.45, 7) is 5.17. The molecule has 2 aliphatic rings. The number of aryl methyl sites for hydroxylation is 1. The number of hydrogen-bond donors (Lipinski definition) is 0. The summed E-state index contributed by atoms with van der Waals surface area (Å²) in [4.78, 5) is 12.0. The topological polar surface area (TPSA) is 56.2 Å². The summed E-state index contributed by atoms with van der Waals surface area (Å²) >= 11 is 1.62. The van der Waals surface area contributed by atoms with E-state index in [1.165, 1.54) is 16.7 Å². The number of pyridine rings is 1. The molecule has 0 saturated heterocycles. The Kier molecular flexibility index (Phi) is 5.23. The van der Waals surface area contributed by atoms with Crippen LogP contribution in [0.15, 0.2) is 52.5 Å². The molecular formula is C23H23N3O3S. The van der Waals surface area contributed by atoms with Gasteiger partial charge in [-0.15, -0.1) is 0 Å². The van der Waals surface area contributed by atoms with E-state index in [0.29, 0.717) is 13.2 Å². The van der Waals surface area contributed by atoms with E-state index in [1.54, 1.807) is 18.9 Å². The molecule has 7 heteroatoms. The monoisotopic (exact) mass is 421 g/mol. The van der Waals surface area contributed by atoms with Crippen molar-refractivity contribution in [1.29, 1.82) is 0 Å². The van der Waals surface area contributed by atoms with Crippen LogP contribution in [-0.2, 0) is 17.8 Å². The molecule has 0 fully saturated rings. The highest BCUT2D eigenvalue weighted by atomic mass is 32.2. The Morgan fingerprint density at radius 2 is 1.93 bits per heavy atom. The van der Waals surface area contributed by atoms with Crippen LogP contribution in [-0.4, -0.2) is 42.1 Å². The highest BCUT2D eigenvalue weighted by Gasteiger charge is 2.25. The third-order valence-electron chi connectivity index (χ3n) is 5.20. The Hall–Kier alpha value is -2.77. The van der Waals surface area contributed by atoms with E-state index in [9.17, 15) is 0 Å². The molecule has 5 rings (SSSR count). The van der Waals surface area contributed by atoms with E-state index >= 15 is 0 Å². The second-order valence-electron chi connectivity index (χ2n) is 7.45. The average Bonchev–Trinajstić information content (AvgIpc) is 3.20. The summed E-state index contributed by atoms with van der Waals surface area (Å²) in [5.74, 6) is 1.54. The lowest BCUT2D eigenvalue weighted by Gasteiger charge is -2.31. The Morgan fingerprint density at radius 3 is 2.73 bits per heavy atom. The van der Waals surface area contributed by atoms with E-state index < -0.39 is 0 Å². The zero-order valence-corrected chi connectivity index (χ0v) is 17.9. The molecule has 0 amide bonds. The molecule has 6 nitrogen and oxygen atoms in total. The van der Waals surface area contributed by atoms with Gasteiger partial charge in [0.15, 0.2) is 16.7 Å². The normalized spacial score (nSPS) is 16.3. The van der Waals surface area contributed by atoms with Crippen molar-refractivity contribution >= 4 is 27.8 Å². The van der Waals surface area contributed by atoms with Crippen LogP contribution in [0.4, 0.5) is 0 Å². The third kappa shape index (κ3) is 3.82. The van der Waals surface area contributed by atoms with Crippen LogP contribution in [0.3, 0.4) is 0 Å². The fourth-order valence-corrected chi connectivity index (χ4v) is 4.60. The van der Waals surface area contributed by atoms with Crippen LogP contribution in [0.5, 0.6) is 11.5 Å². The summed E-state index contributed by atoms with van der Waals surface area (Å²) in [6.07, 6.45) is 0. The lowest BCUT2D eigenvalue weighted by atomic mass is 10.1. The zero-order valence-electron chi connectivity index (χ0n) is 17.1. The Morgan fingerprint density at radius 1 is 1.13 bits per heavy atom. The van der Waals surface area contributed by atoms with Crippen molar-refractivity contribution in [2.24, 2.45) is 4.99 Å². The summed E-state index contributed by atoms with van der Waals surface area (Å²) in [7, 11) is 1.70. The molecule has 0 spiro atoms. The number of rotatable bonds is 5. The predicted molar refractivity (Wildman–Crippen MR) is 118 cm³/mol. The molecule has 3 aromatic rings. The van der Waals surface area contributed by atoms with Crippen molar-refractivity contribution < 1.29 is 14.2 Å². The van der Waals surface area contributed by atoms with Crippen LogP contribution in [0.1, 0.15) is 16.7 Å². The number of amidine groups is 1. The molecule has 1 aromatic heterocycles. The van der Waals surface area contributed by atoms with Crippen LogP contribution >= 0.6 is 11.8 Å². The fourth-order valence-electron chi connectivity index (χ4n) is 3.62. The number of fused-ring (bicyclic) bond motifs is 3. The maximum absolute atomic E-state index is 5.54. The Labute approximate surface area is 179 Å². The van der Waals surface area contributed by atoms with E-state index in [4.69, 9.17) is 24.2 Å². The highest BCUT2D eigenvalue weighted by molar-refractivity contribution is 8.13. The second kappa shape index (κ2) is 8.16. The fraction of sp³-hybridized carbons (Fsp3) is 0.304. The predicted octanol–water partition coefficient (Wildman–Crippen LogP) is 4.38. The zero-order chi connectivity index (χ0) is 20.5. The highest BCUT2D eigenvalue weighted by Crippen LogP contribution is 2.39. The minimum atomic E-state index is 0.265. The van der Waals surface area contributed by atoms with E-state index in [0.717, 1.165) is 45.7 Å². The van der Waals surface area contributed by atoms with Crippen molar-refractivity contribution in [2.45, 2.75) is 25.0 Å². The molecule has 0 N–H and O–H groups in total. The van der Waals surface area contributed by atoms with Gasteiger partial charge in [-0.25, -0.2) is 4.98 Å². The van der Waals surface area contributed by atoms with Crippen molar-refractivity contribution in [3.63, 3.8) is 0 Å². The van der Waals surface area contributed by atoms with Crippen LogP contribution in [0, 0.1) is 6.92 Å². The van der Waals surface area contributed by atoms with Gasteiger partial charge in [0.25, 0.3) is 0 Å². The van der Waals surface area contributed by atoms with Gasteiger partial charge in [-0.2, -0.15) is 0 Å². The van der Waals surface area contributed by atoms with Crippen molar-refractivity contribution in [2.75, 3.05) is 27.1 Å². The number of hydrogen-bond acceptors (Lipinski definition) is 6. The molecule has 0 bridgehead atoms. The summed E-state index contributed by atoms with van der Waals surface area (Å²) in [5.41, 5.74) is 4.64. The largest absolute Gasteiger partial charge is 0.454 e. The molecule has 30 heavy (non-hydrogen) atoms. The minimum absolute atomic E-state index is 0.265. The van der Waals surface area contributed by atoms with Gasteiger partial charge < -0.3 is 19.1 Å². The van der Waals surface area contributed by atoms with Crippen LogP contribution < -0.4 is 9.47 Å². The molecule has 154 valence electrons. The number of aliphatic imine (C=N–C) groups is 1. The minimum Gasteiger partial charge on any atom is -0.454 e. The summed E-state index contributed by atoms with van der Waals surface area (Å²) in [5, 5.41) is 3.04. The van der Waals surface area contributed by atoms with Gasteiger partial charge in [0.1, 0.15) is 5.03 Å². The number of aromatic nitrogens is 1. The molecule has 2 aromatic carbocycles. The second-order valence-corrected chi connectivity index (χ2v) is 8.41. The van der Waals surface area contributed by atoms with Gasteiger partial charge in [0, 0.05) is 37.2 Å². The molecule has 0 radical (unpaired) electrons. The first-order valence-corrected chi connectivity index (χ1v) is 10.8. The molecule has 3 heterocycles. The molecule has 0 saturated carbocycles. The first-order valence-electron chi connectivity index (χ1n) is 9.94. The van der Waals surface area contributed by atoms with Gasteiger partial charge in [-0.1, -0.05) is 29.8 Å². The SMILES string of the molecule is COCCN=C1Sc2nc3cc4c(cc3cc2CN1Cc1ccc(C)cc1)OCO4. The first-order chi connectivity index (χ1) is 14.7. The van der Waals surface area contributed by atoms with Gasteiger partial charge in [-0.3, -0.25) is 4.99 Å². The molecule has 0 aliphatic carbocycles. The van der Waals surface area contributed by atoms with Gasteiger partial charge in [0.2, 0.25) is 6.79 Å². The van der Waals surface area contributed by atoms with E-state index in [1.807, 2.05) is 12.1 Å². The summed E-state index contributed by atoms with van der Waals surface area (Å²) < 4.78 is 16.2. The number of thioether (sulfide) groups is 1. The maximum Gasteiger partial charge on any atom is 0.231 e. The van der Waals surface area contributed by atoms with E-state index in [-0.39, 0.29) is 6.79 Å². The summed E-state index contributed by atoms with van der Waals surface area (Å²) in [6, 6.07) is 14.9. The van der Waals surface area contributed by atoms with Gasteiger partial charge in [-0.05, 0) is 36.4 Å². The van der Waals surface area contributed by atoms with Gasteiger partial charge in [0.05, 0.1) is 18.7 Å². The van der Waals surface area contributed by atoms with Crippen molar-refractivity contribution in [1.82, 2.24) is 9.88 Å². The Bertz CT molecular complexity index is 1110. The van der Waals surface area contributed by atoms with Crippen molar-refractivity contribution in [3.8, 4) is 11.5 Å². The number of nitrogens with zero attached hydrogens (tertiary/aromatic N) is 3. The van der Waals surface area contributed by atoms with Gasteiger partial charge >= 0.3 is 0 Å². The van der Waals surface area contributed by atoms with Crippen LogP contribution in [0.2, 0.25) is 0 Å². The molecular weight excluding hydrogens is 398 g/mol. The number of ether oxygens (including phenoxy) is 3. The third-order valence-corrected chi connectivity index (χ3v) is 6.32. The first kappa shape index (κ1) is 19.2. The smallest absolute Gasteiger partial charge is 0.231 e. The van der Waals surface area contributed by atoms with E-state index in [2.05, 4.69) is 42.2 Å². The standard InChI is InChI=1S/C23H23N3O3S/c1-15-3-5-16(6-4-15)12-26-13-18-9-17-10-20-21(29-14-28-20)11-19(17)25-22(18)30-23(26)24-7-8-27-2/h3-6,9-11H,7-8,12-14H2,1-2H3. The molecule has 0 unspecified atom stereocenters. The Balaban J connectivity index is 1.49. The lowest BCUT2D eigenvalue weighted by molar-refractivity contribution is 0.174. The number of benzene rings is 2. The molecule has 0 atom stereocenters.